The fourth-order valence-electron chi connectivity index (χ4n) is 11.0. The summed E-state index contributed by atoms with van der Waals surface area (Å²) in [4.78, 5) is 16.1. The van der Waals surface area contributed by atoms with Gasteiger partial charge in [-0.25, -0.2) is 4.98 Å². The molecule has 6 nitrogen and oxygen atoms in total. The Labute approximate surface area is 407 Å². The molecule has 15 rings (SSSR count). The van der Waals surface area contributed by atoms with Crippen molar-refractivity contribution >= 4 is 87.1 Å². The molecule has 0 unspecified atom stereocenters. The van der Waals surface area contributed by atoms with Crippen LogP contribution >= 0.6 is 0 Å². The van der Waals surface area contributed by atoms with E-state index in [0.29, 0.717) is 17.6 Å². The van der Waals surface area contributed by atoms with Gasteiger partial charge in [0.2, 0.25) is 5.95 Å². The topological polar surface area (TPSA) is 61.7 Å². The molecule has 0 fully saturated rings. The Balaban J connectivity index is 1.01. The average Bonchev–Trinajstić information content (AvgIpc) is 4.09. The molecule has 0 radical (unpaired) electrons. The zero-order valence-corrected chi connectivity index (χ0v) is 38.2. The van der Waals surface area contributed by atoms with E-state index >= 15 is 0 Å². The molecule has 0 aliphatic rings. The van der Waals surface area contributed by atoms with Gasteiger partial charge in [-0.1, -0.05) is 182 Å². The van der Waals surface area contributed by atoms with E-state index in [9.17, 15) is 0 Å². The summed E-state index contributed by atoms with van der Waals surface area (Å²) in [6.45, 7) is 0. The SMILES string of the molecule is c1ccc(-c2ccc(-c3cc4c(cc3-n3c5ccccc5c5cc6ccccc6cc53)oc3cccc(-c5nc(-c6ccc7ccccc7c6)nc(-n6c7ccccc7c7ccccc76)n5)c34)cc2)cc1. The van der Waals surface area contributed by atoms with Crippen LogP contribution in [0.5, 0.6) is 0 Å². The highest BCUT2D eigenvalue weighted by atomic mass is 16.3. The van der Waals surface area contributed by atoms with Crippen molar-refractivity contribution in [3.05, 3.63) is 237 Å². The number of fused-ring (bicyclic) bond motifs is 11. The highest BCUT2D eigenvalue weighted by Gasteiger charge is 2.24. The fourth-order valence-corrected chi connectivity index (χ4v) is 11.0. The van der Waals surface area contributed by atoms with Crippen LogP contribution in [-0.4, -0.2) is 24.1 Å². The average molecular weight is 906 g/mol. The minimum absolute atomic E-state index is 0.542. The summed E-state index contributed by atoms with van der Waals surface area (Å²) >= 11 is 0. The number of hydrogen-bond acceptors (Lipinski definition) is 4. The van der Waals surface area contributed by atoms with Crippen molar-refractivity contribution in [1.82, 2.24) is 24.1 Å². The third kappa shape index (κ3) is 6.18. The lowest BCUT2D eigenvalue weighted by atomic mass is 9.96. The molecular formula is C65H39N5O. The first-order chi connectivity index (χ1) is 35.2. The number of aromatic nitrogens is 5. The summed E-state index contributed by atoms with van der Waals surface area (Å²) in [7, 11) is 0. The van der Waals surface area contributed by atoms with Gasteiger partial charge in [0.1, 0.15) is 11.2 Å². The highest BCUT2D eigenvalue weighted by molar-refractivity contribution is 6.17. The number of furan rings is 1. The normalized spacial score (nSPS) is 11.9. The number of benzene rings is 11. The predicted octanol–water partition coefficient (Wildman–Crippen LogP) is 16.9. The van der Waals surface area contributed by atoms with Crippen LogP contribution in [-0.2, 0) is 0 Å². The van der Waals surface area contributed by atoms with E-state index < -0.39 is 0 Å². The quantitative estimate of drug-likeness (QED) is 0.167. The van der Waals surface area contributed by atoms with Crippen molar-refractivity contribution in [1.29, 1.82) is 0 Å². The van der Waals surface area contributed by atoms with Crippen LogP contribution in [0.2, 0.25) is 0 Å². The van der Waals surface area contributed by atoms with Gasteiger partial charge in [0, 0.05) is 55.1 Å². The van der Waals surface area contributed by atoms with Crippen molar-refractivity contribution in [2.24, 2.45) is 0 Å². The van der Waals surface area contributed by atoms with Crippen LogP contribution in [0.25, 0.3) is 144 Å². The van der Waals surface area contributed by atoms with Gasteiger partial charge in [-0.2, -0.15) is 9.97 Å². The first-order valence-electron chi connectivity index (χ1n) is 24.0. The maximum absolute atomic E-state index is 7.01. The Hall–Kier alpha value is -9.65. The van der Waals surface area contributed by atoms with Gasteiger partial charge in [0.05, 0.1) is 27.8 Å². The standard InChI is InChI=1S/C65H39N5O/c1-2-15-40(16-3-1)42-29-32-43(33-30-42)52-38-54-61(39-59(52)69-55-25-11-10-23-50(55)53-36-45-19-6-7-20-46(45)37-58(53)69)71-60-28-14-24-51(62(54)60)64-66-63(47-34-31-41-17-4-5-18-44(41)35-47)67-65(68-64)70-56-26-12-8-21-48(56)49-22-9-13-27-57(49)70/h1-39H. The molecule has 15 aromatic rings. The van der Waals surface area contributed by atoms with E-state index in [2.05, 4.69) is 240 Å². The van der Waals surface area contributed by atoms with Crippen molar-refractivity contribution in [3.8, 4) is 56.7 Å². The lowest BCUT2D eigenvalue weighted by molar-refractivity contribution is 0.668. The molecule has 4 aromatic heterocycles. The van der Waals surface area contributed by atoms with Crippen molar-refractivity contribution in [2.45, 2.75) is 0 Å². The molecule has 0 aliphatic heterocycles. The molecule has 4 heterocycles. The van der Waals surface area contributed by atoms with Crippen LogP contribution in [0.1, 0.15) is 0 Å². The molecule has 0 saturated carbocycles. The van der Waals surface area contributed by atoms with Gasteiger partial charge >= 0.3 is 0 Å². The molecule has 6 heteroatoms. The largest absolute Gasteiger partial charge is 0.456 e. The van der Waals surface area contributed by atoms with E-state index in [1.54, 1.807) is 0 Å². The molecule has 71 heavy (non-hydrogen) atoms. The second-order valence-corrected chi connectivity index (χ2v) is 18.4. The van der Waals surface area contributed by atoms with E-state index in [-0.39, 0.29) is 0 Å². The van der Waals surface area contributed by atoms with Crippen LogP contribution in [0, 0.1) is 0 Å². The zero-order chi connectivity index (χ0) is 46.6. The van der Waals surface area contributed by atoms with Crippen LogP contribution in [0.15, 0.2) is 241 Å². The van der Waals surface area contributed by atoms with Crippen LogP contribution < -0.4 is 0 Å². The lowest BCUT2D eigenvalue weighted by Crippen LogP contribution is -2.06. The monoisotopic (exact) mass is 905 g/mol. The second-order valence-electron chi connectivity index (χ2n) is 18.4. The molecule has 0 N–H and O–H groups in total. The number of para-hydroxylation sites is 3. The number of rotatable bonds is 6. The summed E-state index contributed by atoms with van der Waals surface area (Å²) in [5, 5.41) is 11.2. The summed E-state index contributed by atoms with van der Waals surface area (Å²) in [5.41, 5.74) is 13.1. The highest BCUT2D eigenvalue weighted by Crippen LogP contribution is 2.44. The molecule has 330 valence electrons. The van der Waals surface area contributed by atoms with Crippen molar-refractivity contribution < 1.29 is 4.42 Å². The maximum atomic E-state index is 7.01. The fraction of sp³-hybridized carbons (Fsp3) is 0. The number of nitrogens with zero attached hydrogens (tertiary/aromatic N) is 5. The molecule has 11 aromatic carbocycles. The van der Waals surface area contributed by atoms with Crippen LogP contribution in [0.3, 0.4) is 0 Å². The Morgan fingerprint density at radius 2 is 0.859 bits per heavy atom. The minimum Gasteiger partial charge on any atom is -0.456 e. The summed E-state index contributed by atoms with van der Waals surface area (Å²) in [5.74, 6) is 1.68. The maximum Gasteiger partial charge on any atom is 0.238 e. The Bertz CT molecular complexity index is 4590. The van der Waals surface area contributed by atoms with E-state index in [1.165, 1.54) is 27.1 Å². The third-order valence-corrected chi connectivity index (χ3v) is 14.3. The lowest BCUT2D eigenvalue weighted by Gasteiger charge is -2.15. The van der Waals surface area contributed by atoms with Crippen molar-refractivity contribution in [2.75, 3.05) is 0 Å². The van der Waals surface area contributed by atoms with Gasteiger partial charge in [0.25, 0.3) is 0 Å². The minimum atomic E-state index is 0.542. The predicted molar refractivity (Wildman–Crippen MR) is 293 cm³/mol. The van der Waals surface area contributed by atoms with Gasteiger partial charge < -0.3 is 8.98 Å². The van der Waals surface area contributed by atoms with E-state index in [4.69, 9.17) is 19.4 Å². The van der Waals surface area contributed by atoms with Crippen LogP contribution in [0.4, 0.5) is 0 Å². The summed E-state index contributed by atoms with van der Waals surface area (Å²) in [6, 6.07) is 84.1. The zero-order valence-electron chi connectivity index (χ0n) is 38.2. The Morgan fingerprint density at radius 1 is 0.296 bits per heavy atom. The summed E-state index contributed by atoms with van der Waals surface area (Å²) < 4.78 is 11.6. The molecule has 0 saturated heterocycles. The second kappa shape index (κ2) is 15.4. The smallest absolute Gasteiger partial charge is 0.238 e. The van der Waals surface area contributed by atoms with Gasteiger partial charge in [0.15, 0.2) is 11.6 Å². The molecule has 0 bridgehead atoms. The van der Waals surface area contributed by atoms with Gasteiger partial charge in [-0.3, -0.25) is 4.57 Å². The molecule has 0 aliphatic carbocycles. The Kier molecular flexibility index (Phi) is 8.56. The molecule has 0 amide bonds. The first-order valence-corrected chi connectivity index (χ1v) is 24.0. The third-order valence-electron chi connectivity index (χ3n) is 14.3. The van der Waals surface area contributed by atoms with E-state index in [0.717, 1.165) is 99.1 Å². The van der Waals surface area contributed by atoms with Gasteiger partial charge in [-0.05, 0) is 86.8 Å². The molecular weight excluding hydrogens is 867 g/mol. The summed E-state index contributed by atoms with van der Waals surface area (Å²) in [6.07, 6.45) is 0. The first kappa shape index (κ1) is 39.4. The number of hydrogen-bond donors (Lipinski definition) is 0. The molecule has 0 atom stereocenters. The van der Waals surface area contributed by atoms with Gasteiger partial charge in [-0.15, -0.1) is 0 Å². The molecule has 0 spiro atoms. The van der Waals surface area contributed by atoms with E-state index in [1.807, 2.05) is 6.07 Å². The van der Waals surface area contributed by atoms with Crippen molar-refractivity contribution in [3.63, 3.8) is 0 Å². The Morgan fingerprint density at radius 3 is 1.59 bits per heavy atom.